The Bertz CT molecular complexity index is 541. The van der Waals surface area contributed by atoms with Gasteiger partial charge in [-0.3, -0.25) is 4.79 Å². The van der Waals surface area contributed by atoms with Gasteiger partial charge in [-0.1, -0.05) is 19.3 Å². The van der Waals surface area contributed by atoms with Gasteiger partial charge in [-0.25, -0.2) is 0 Å². The van der Waals surface area contributed by atoms with Crippen LogP contribution in [0.5, 0.6) is 5.75 Å². The second-order valence-electron chi connectivity index (χ2n) is 6.29. The maximum atomic E-state index is 12.6. The fourth-order valence-corrected chi connectivity index (χ4v) is 3.40. The van der Waals surface area contributed by atoms with Crippen LogP contribution in [0.4, 0.5) is 11.4 Å². The number of carbonyl (C=O) groups excluding carboxylic acids is 1. The first-order valence-corrected chi connectivity index (χ1v) is 8.18. The molecule has 1 aliphatic carbocycles. The zero-order chi connectivity index (χ0) is 15.5. The summed E-state index contributed by atoms with van der Waals surface area (Å²) < 4.78 is 5.64. The van der Waals surface area contributed by atoms with Crippen molar-refractivity contribution in [1.29, 1.82) is 0 Å². The van der Waals surface area contributed by atoms with Crippen LogP contribution in [0.2, 0.25) is 0 Å². The number of benzene rings is 1. The maximum absolute atomic E-state index is 12.6. The molecular formula is C17H25N3O2. The van der Waals surface area contributed by atoms with Gasteiger partial charge in [0.1, 0.15) is 12.4 Å². The van der Waals surface area contributed by atoms with Gasteiger partial charge in [-0.05, 0) is 31.0 Å². The standard InChI is InChI=1S/C17H25N3O2/c1-19(14-5-3-2-4-6-14)17(21)12-20-9-10-22-16-8-7-13(18)11-15(16)20/h7-8,11,14H,2-6,9-10,12,18H2,1H3. The minimum Gasteiger partial charge on any atom is -0.490 e. The number of rotatable bonds is 3. The summed E-state index contributed by atoms with van der Waals surface area (Å²) in [4.78, 5) is 16.6. The van der Waals surface area contributed by atoms with Crippen molar-refractivity contribution >= 4 is 17.3 Å². The number of anilines is 2. The smallest absolute Gasteiger partial charge is 0.242 e. The lowest BCUT2D eigenvalue weighted by molar-refractivity contribution is -0.131. The van der Waals surface area contributed by atoms with Gasteiger partial charge < -0.3 is 20.3 Å². The number of hydrogen-bond donors (Lipinski definition) is 1. The summed E-state index contributed by atoms with van der Waals surface area (Å²) in [5, 5.41) is 0. The molecule has 0 radical (unpaired) electrons. The average molecular weight is 303 g/mol. The Labute approximate surface area is 132 Å². The molecule has 1 aromatic rings. The van der Waals surface area contributed by atoms with E-state index in [9.17, 15) is 4.79 Å². The van der Waals surface area contributed by atoms with Crippen LogP contribution in [-0.2, 0) is 4.79 Å². The molecule has 5 nitrogen and oxygen atoms in total. The van der Waals surface area contributed by atoms with Crippen LogP contribution in [0.3, 0.4) is 0 Å². The molecule has 1 amide bonds. The van der Waals surface area contributed by atoms with Crippen LogP contribution in [0.1, 0.15) is 32.1 Å². The Kier molecular flexibility index (Phi) is 4.41. The van der Waals surface area contributed by atoms with Gasteiger partial charge in [0.2, 0.25) is 5.91 Å². The van der Waals surface area contributed by atoms with E-state index in [0.29, 0.717) is 24.9 Å². The molecular weight excluding hydrogens is 278 g/mol. The molecule has 5 heteroatoms. The summed E-state index contributed by atoms with van der Waals surface area (Å²) in [6, 6.07) is 6.01. The number of fused-ring (bicyclic) bond motifs is 1. The molecule has 22 heavy (non-hydrogen) atoms. The van der Waals surface area contributed by atoms with E-state index in [0.717, 1.165) is 30.8 Å². The van der Waals surface area contributed by atoms with E-state index in [1.165, 1.54) is 19.3 Å². The van der Waals surface area contributed by atoms with Crippen molar-refractivity contribution in [2.75, 3.05) is 37.4 Å². The molecule has 1 saturated carbocycles. The highest BCUT2D eigenvalue weighted by Gasteiger charge is 2.26. The molecule has 1 aliphatic heterocycles. The van der Waals surface area contributed by atoms with E-state index in [4.69, 9.17) is 10.5 Å². The monoisotopic (exact) mass is 303 g/mol. The van der Waals surface area contributed by atoms with Gasteiger partial charge in [-0.15, -0.1) is 0 Å². The van der Waals surface area contributed by atoms with Gasteiger partial charge in [-0.2, -0.15) is 0 Å². The lowest BCUT2D eigenvalue weighted by Gasteiger charge is -2.35. The van der Waals surface area contributed by atoms with Crippen LogP contribution >= 0.6 is 0 Å². The van der Waals surface area contributed by atoms with Crippen molar-refractivity contribution in [3.8, 4) is 5.75 Å². The number of hydrogen-bond acceptors (Lipinski definition) is 4. The molecule has 1 aromatic carbocycles. The predicted molar refractivity (Wildman–Crippen MR) is 88.2 cm³/mol. The summed E-state index contributed by atoms with van der Waals surface area (Å²) >= 11 is 0. The Morgan fingerprint density at radius 3 is 2.91 bits per heavy atom. The molecule has 1 heterocycles. The molecule has 2 aliphatic rings. The van der Waals surface area contributed by atoms with E-state index in [1.54, 1.807) is 0 Å². The molecule has 2 N–H and O–H groups in total. The fourth-order valence-electron chi connectivity index (χ4n) is 3.40. The third-order valence-electron chi connectivity index (χ3n) is 4.78. The van der Waals surface area contributed by atoms with Crippen LogP contribution in [0.15, 0.2) is 18.2 Å². The Balaban J connectivity index is 1.68. The second-order valence-corrected chi connectivity index (χ2v) is 6.29. The topological polar surface area (TPSA) is 58.8 Å². The number of carbonyl (C=O) groups is 1. The third-order valence-corrected chi connectivity index (χ3v) is 4.78. The van der Waals surface area contributed by atoms with Gasteiger partial charge in [0.05, 0.1) is 18.8 Å². The van der Waals surface area contributed by atoms with Crippen LogP contribution in [0.25, 0.3) is 0 Å². The normalized spacial score (nSPS) is 18.5. The van der Waals surface area contributed by atoms with Gasteiger partial charge >= 0.3 is 0 Å². The molecule has 120 valence electrons. The molecule has 0 spiro atoms. The summed E-state index contributed by atoms with van der Waals surface area (Å²) in [7, 11) is 1.94. The summed E-state index contributed by atoms with van der Waals surface area (Å²) in [6.45, 7) is 1.73. The van der Waals surface area contributed by atoms with E-state index in [1.807, 2.05) is 30.1 Å². The second kappa shape index (κ2) is 6.46. The van der Waals surface area contributed by atoms with Crippen molar-refractivity contribution < 1.29 is 9.53 Å². The van der Waals surface area contributed by atoms with Gasteiger partial charge in [0, 0.05) is 18.8 Å². The highest BCUT2D eigenvalue weighted by molar-refractivity contribution is 5.83. The van der Waals surface area contributed by atoms with E-state index in [2.05, 4.69) is 4.90 Å². The summed E-state index contributed by atoms with van der Waals surface area (Å²) in [5.41, 5.74) is 7.50. The minimum atomic E-state index is 0.183. The van der Waals surface area contributed by atoms with Crippen LogP contribution in [-0.4, -0.2) is 43.6 Å². The molecule has 0 aromatic heterocycles. The molecule has 3 rings (SSSR count). The minimum absolute atomic E-state index is 0.183. The van der Waals surface area contributed by atoms with Crippen LogP contribution in [0, 0.1) is 0 Å². The fraction of sp³-hybridized carbons (Fsp3) is 0.588. The van der Waals surface area contributed by atoms with Crippen molar-refractivity contribution in [3.63, 3.8) is 0 Å². The predicted octanol–water partition coefficient (Wildman–Crippen LogP) is 2.26. The lowest BCUT2D eigenvalue weighted by atomic mass is 9.94. The number of nitrogens with zero attached hydrogens (tertiary/aromatic N) is 2. The first-order valence-electron chi connectivity index (χ1n) is 8.18. The van der Waals surface area contributed by atoms with Crippen molar-refractivity contribution in [3.05, 3.63) is 18.2 Å². The molecule has 0 bridgehead atoms. The first kappa shape index (κ1) is 15.0. The number of amides is 1. The lowest BCUT2D eigenvalue weighted by Crippen LogP contribution is -2.46. The Morgan fingerprint density at radius 2 is 2.14 bits per heavy atom. The summed E-state index contributed by atoms with van der Waals surface area (Å²) in [6.07, 6.45) is 6.04. The highest BCUT2D eigenvalue weighted by atomic mass is 16.5. The van der Waals surface area contributed by atoms with E-state index in [-0.39, 0.29) is 5.91 Å². The van der Waals surface area contributed by atoms with Crippen molar-refractivity contribution in [1.82, 2.24) is 4.90 Å². The highest BCUT2D eigenvalue weighted by Crippen LogP contribution is 2.33. The van der Waals surface area contributed by atoms with Crippen LogP contribution < -0.4 is 15.4 Å². The van der Waals surface area contributed by atoms with E-state index < -0.39 is 0 Å². The number of likely N-dealkylation sites (N-methyl/N-ethyl adjacent to an activating group) is 1. The zero-order valence-corrected chi connectivity index (χ0v) is 13.3. The van der Waals surface area contributed by atoms with Crippen molar-refractivity contribution in [2.45, 2.75) is 38.1 Å². The summed E-state index contributed by atoms with van der Waals surface area (Å²) in [5.74, 6) is 0.996. The number of nitrogens with two attached hydrogens (primary N) is 1. The molecule has 0 unspecified atom stereocenters. The Hall–Kier alpha value is -1.91. The van der Waals surface area contributed by atoms with E-state index >= 15 is 0 Å². The SMILES string of the molecule is CN(C(=O)CN1CCOc2ccc(N)cc21)C1CCCCC1. The molecule has 0 atom stereocenters. The average Bonchev–Trinajstić information content (AvgIpc) is 2.55. The van der Waals surface area contributed by atoms with Crippen molar-refractivity contribution in [2.24, 2.45) is 0 Å². The molecule has 1 fully saturated rings. The third kappa shape index (κ3) is 3.13. The van der Waals surface area contributed by atoms with Gasteiger partial charge in [0.25, 0.3) is 0 Å². The zero-order valence-electron chi connectivity index (χ0n) is 13.3. The van der Waals surface area contributed by atoms with Gasteiger partial charge in [0.15, 0.2) is 0 Å². The molecule has 0 saturated heterocycles. The first-order chi connectivity index (χ1) is 10.6. The number of nitrogen functional groups attached to an aromatic ring is 1. The Morgan fingerprint density at radius 1 is 1.36 bits per heavy atom. The number of ether oxygens (including phenoxy) is 1. The maximum Gasteiger partial charge on any atom is 0.242 e. The largest absolute Gasteiger partial charge is 0.490 e. The quantitative estimate of drug-likeness (QED) is 0.870.